The van der Waals surface area contributed by atoms with E-state index in [4.69, 9.17) is 0 Å². The Morgan fingerprint density at radius 1 is 1.03 bits per heavy atom. The summed E-state index contributed by atoms with van der Waals surface area (Å²) >= 11 is 0. The van der Waals surface area contributed by atoms with Crippen LogP contribution in [-0.2, 0) is 0 Å². The lowest BCUT2D eigenvalue weighted by Gasteiger charge is -2.19. The summed E-state index contributed by atoms with van der Waals surface area (Å²) in [6.07, 6.45) is 5.71. The Hall–Kier alpha value is -3.76. The Morgan fingerprint density at radius 3 is 2.41 bits per heavy atom. The number of fused-ring (bicyclic) bond motifs is 1. The predicted molar refractivity (Wildman–Crippen MR) is 151 cm³/mol. The Kier molecular flexibility index (Phi) is 9.32. The molecule has 0 radical (unpaired) electrons. The molecule has 0 aliphatic carbocycles. The highest BCUT2D eigenvalue weighted by Crippen LogP contribution is 2.32. The summed E-state index contributed by atoms with van der Waals surface area (Å²) in [5.41, 5.74) is 2.32. The van der Waals surface area contributed by atoms with Crippen LogP contribution in [0.4, 0.5) is 20.5 Å². The first-order chi connectivity index (χ1) is 18.8. The predicted octanol–water partition coefficient (Wildman–Crippen LogP) is 5.52. The minimum Gasteiger partial charge on any atom is -0.342 e. The number of pyridine rings is 1. The van der Waals surface area contributed by atoms with Crippen molar-refractivity contribution in [2.75, 3.05) is 38.5 Å². The highest BCUT2D eigenvalue weighted by Gasteiger charge is 2.17. The maximum absolute atomic E-state index is 14.8. The molecule has 10 heteroatoms. The van der Waals surface area contributed by atoms with E-state index in [0.717, 1.165) is 11.9 Å². The molecule has 4 heterocycles. The Balaban J connectivity index is 0.000000333. The summed E-state index contributed by atoms with van der Waals surface area (Å²) in [4.78, 5) is 25.4. The minimum absolute atomic E-state index is 0.0213. The molecule has 2 N–H and O–H groups in total. The highest BCUT2D eigenvalue weighted by molar-refractivity contribution is 5.87. The molecule has 5 rings (SSSR count). The standard InChI is InChI=1S/C22H19F2N5O.C7H16N2/c1-12(2)29-13(3)6-16-17(23)7-15(8-19(16)29)21-18(24)10-26-22(28-21)27-20-5-4-14(11-30)9-25-20;1-9-6-2-4-8-5-3-7-9/h4-12H,1-3H3,(H,25,26,27,28);8H,2-7H2,1H3. The summed E-state index contributed by atoms with van der Waals surface area (Å²) in [7, 11) is 2.20. The third-order valence-corrected chi connectivity index (χ3v) is 6.58. The molecule has 0 saturated carbocycles. The van der Waals surface area contributed by atoms with Crippen molar-refractivity contribution in [1.82, 2.24) is 29.7 Å². The normalized spacial score (nSPS) is 14.4. The minimum atomic E-state index is -0.664. The first-order valence-corrected chi connectivity index (χ1v) is 13.2. The third-order valence-electron chi connectivity index (χ3n) is 6.58. The van der Waals surface area contributed by atoms with Crippen LogP contribution < -0.4 is 10.6 Å². The van der Waals surface area contributed by atoms with Crippen LogP contribution in [0.2, 0.25) is 0 Å². The zero-order valence-electron chi connectivity index (χ0n) is 22.8. The van der Waals surface area contributed by atoms with E-state index >= 15 is 0 Å². The van der Waals surface area contributed by atoms with E-state index in [1.165, 1.54) is 51.3 Å². The van der Waals surface area contributed by atoms with E-state index < -0.39 is 11.6 Å². The molecule has 1 saturated heterocycles. The molecule has 0 spiro atoms. The van der Waals surface area contributed by atoms with Crippen LogP contribution in [0, 0.1) is 18.6 Å². The fourth-order valence-electron chi connectivity index (χ4n) is 4.71. The molecule has 1 aliphatic heterocycles. The number of carbonyl (C=O) groups is 1. The molecule has 0 amide bonds. The number of aromatic nitrogens is 4. The zero-order valence-corrected chi connectivity index (χ0v) is 22.8. The van der Waals surface area contributed by atoms with Crippen molar-refractivity contribution in [2.24, 2.45) is 0 Å². The molecular formula is C29H35F2N7O. The SMILES string of the molecule is CN1CCCNCCC1.Cc1cc2c(F)cc(-c3nc(Nc4ccc(C=O)cn4)ncc3F)cc2n1C(C)C. The Bertz CT molecular complexity index is 1410. The van der Waals surface area contributed by atoms with Crippen LogP contribution in [0.15, 0.2) is 42.7 Å². The Labute approximate surface area is 227 Å². The van der Waals surface area contributed by atoms with E-state index in [1.807, 2.05) is 25.3 Å². The molecule has 1 aromatic carbocycles. The number of aryl methyl sites for hydroxylation is 1. The van der Waals surface area contributed by atoms with Crippen LogP contribution in [0.5, 0.6) is 0 Å². The van der Waals surface area contributed by atoms with Gasteiger partial charge in [-0.3, -0.25) is 4.79 Å². The molecule has 1 aliphatic rings. The molecule has 206 valence electrons. The average Bonchev–Trinajstić information content (AvgIpc) is 3.25. The highest BCUT2D eigenvalue weighted by atomic mass is 19.1. The number of nitrogens with zero attached hydrogens (tertiary/aromatic N) is 5. The van der Waals surface area contributed by atoms with Gasteiger partial charge < -0.3 is 20.1 Å². The quantitative estimate of drug-likeness (QED) is 0.326. The first kappa shape index (κ1) is 28.3. The average molecular weight is 536 g/mol. The second kappa shape index (κ2) is 12.9. The van der Waals surface area contributed by atoms with Gasteiger partial charge in [-0.25, -0.2) is 23.7 Å². The first-order valence-electron chi connectivity index (χ1n) is 13.2. The van der Waals surface area contributed by atoms with E-state index in [2.05, 4.69) is 37.5 Å². The molecule has 0 atom stereocenters. The Morgan fingerprint density at radius 2 is 1.77 bits per heavy atom. The maximum atomic E-state index is 14.8. The van der Waals surface area contributed by atoms with E-state index in [0.29, 0.717) is 34.1 Å². The number of carbonyl (C=O) groups excluding carboxylic acids is 1. The molecule has 3 aromatic heterocycles. The summed E-state index contributed by atoms with van der Waals surface area (Å²) < 4.78 is 31.4. The summed E-state index contributed by atoms with van der Waals surface area (Å²) in [5, 5.41) is 6.73. The van der Waals surface area contributed by atoms with Crippen LogP contribution in [-0.4, -0.2) is 63.9 Å². The molecule has 1 fully saturated rings. The molecule has 39 heavy (non-hydrogen) atoms. The molecule has 4 aromatic rings. The van der Waals surface area contributed by atoms with E-state index in [9.17, 15) is 13.6 Å². The van der Waals surface area contributed by atoms with Crippen LogP contribution in [0.3, 0.4) is 0 Å². The van der Waals surface area contributed by atoms with E-state index in [-0.39, 0.29) is 17.7 Å². The number of hydrogen-bond acceptors (Lipinski definition) is 7. The second-order valence-electron chi connectivity index (χ2n) is 10.0. The number of aldehydes is 1. The third kappa shape index (κ3) is 7.01. The van der Waals surface area contributed by atoms with Crippen LogP contribution in [0.1, 0.15) is 48.8 Å². The van der Waals surface area contributed by atoms with Crippen LogP contribution >= 0.6 is 0 Å². The number of halogens is 2. The van der Waals surface area contributed by atoms with Crippen molar-refractivity contribution in [3.63, 3.8) is 0 Å². The second-order valence-corrected chi connectivity index (χ2v) is 10.0. The molecule has 0 unspecified atom stereocenters. The number of nitrogens with one attached hydrogen (secondary N) is 2. The van der Waals surface area contributed by atoms with Gasteiger partial charge in [0.15, 0.2) is 12.1 Å². The lowest BCUT2D eigenvalue weighted by Crippen LogP contribution is -2.31. The monoisotopic (exact) mass is 535 g/mol. The topological polar surface area (TPSA) is 88.0 Å². The number of hydrogen-bond donors (Lipinski definition) is 2. The van der Waals surface area contributed by atoms with Crippen molar-refractivity contribution in [2.45, 2.75) is 39.7 Å². The van der Waals surface area contributed by atoms with Gasteiger partial charge in [-0.15, -0.1) is 0 Å². The maximum Gasteiger partial charge on any atom is 0.229 e. The number of anilines is 2. The van der Waals surface area contributed by atoms with Crippen molar-refractivity contribution >= 4 is 29.0 Å². The van der Waals surface area contributed by atoms with Gasteiger partial charge in [0.25, 0.3) is 0 Å². The summed E-state index contributed by atoms with van der Waals surface area (Å²) in [5.74, 6) is -0.607. The smallest absolute Gasteiger partial charge is 0.229 e. The number of rotatable bonds is 5. The summed E-state index contributed by atoms with van der Waals surface area (Å²) in [6.45, 7) is 10.8. The van der Waals surface area contributed by atoms with Gasteiger partial charge in [-0.2, -0.15) is 0 Å². The zero-order chi connectivity index (χ0) is 27.9. The lowest BCUT2D eigenvalue weighted by molar-refractivity contribution is 0.112. The molecule has 8 nitrogen and oxygen atoms in total. The van der Waals surface area contributed by atoms with Gasteiger partial charge in [0.2, 0.25) is 5.95 Å². The number of benzene rings is 1. The van der Waals surface area contributed by atoms with Crippen molar-refractivity contribution < 1.29 is 13.6 Å². The largest absolute Gasteiger partial charge is 0.342 e. The molecule has 0 bridgehead atoms. The van der Waals surface area contributed by atoms with Gasteiger partial charge >= 0.3 is 0 Å². The van der Waals surface area contributed by atoms with Crippen molar-refractivity contribution in [3.8, 4) is 11.3 Å². The van der Waals surface area contributed by atoms with Gasteiger partial charge in [0.05, 0.1) is 11.7 Å². The fourth-order valence-corrected chi connectivity index (χ4v) is 4.71. The van der Waals surface area contributed by atoms with E-state index in [1.54, 1.807) is 24.3 Å². The van der Waals surface area contributed by atoms with Gasteiger partial charge in [0.1, 0.15) is 17.3 Å². The molecular weight excluding hydrogens is 500 g/mol. The van der Waals surface area contributed by atoms with Crippen molar-refractivity contribution in [3.05, 3.63) is 65.6 Å². The summed E-state index contributed by atoms with van der Waals surface area (Å²) in [6, 6.07) is 8.08. The van der Waals surface area contributed by atoms with Crippen molar-refractivity contribution in [1.29, 1.82) is 0 Å². The van der Waals surface area contributed by atoms with Gasteiger partial charge in [-0.05, 0) is 97.2 Å². The van der Waals surface area contributed by atoms with Gasteiger partial charge in [-0.1, -0.05) is 0 Å². The fraction of sp³-hybridized carbons (Fsp3) is 0.379. The lowest BCUT2D eigenvalue weighted by atomic mass is 10.1. The van der Waals surface area contributed by atoms with Gasteiger partial charge in [0, 0.05) is 34.4 Å². The van der Waals surface area contributed by atoms with Crippen LogP contribution in [0.25, 0.3) is 22.2 Å².